The lowest BCUT2D eigenvalue weighted by Crippen LogP contribution is -1.99. The lowest BCUT2D eigenvalue weighted by atomic mass is 10.2. The first-order valence-corrected chi connectivity index (χ1v) is 7.89. The highest BCUT2D eigenvalue weighted by Crippen LogP contribution is 2.31. The molecule has 0 aliphatic heterocycles. The summed E-state index contributed by atoms with van der Waals surface area (Å²) in [5.74, 6) is 2.09. The lowest BCUT2D eigenvalue weighted by Gasteiger charge is -2.08. The number of carbonyl (C=O) groups is 1. The minimum atomic E-state index is -1.12. The van der Waals surface area contributed by atoms with Crippen molar-refractivity contribution in [1.82, 2.24) is 10.2 Å². The lowest BCUT2D eigenvalue weighted by molar-refractivity contribution is -0.131. The Kier molecular flexibility index (Phi) is 5.84. The van der Waals surface area contributed by atoms with Crippen LogP contribution in [0.4, 0.5) is 0 Å². The number of carboxylic acid groups (broad SMARTS) is 1. The van der Waals surface area contributed by atoms with Crippen LogP contribution in [0.15, 0.2) is 37.2 Å². The highest BCUT2D eigenvalue weighted by molar-refractivity contribution is 9.10. The Morgan fingerprint density at radius 1 is 1.57 bits per heavy atom. The van der Waals surface area contributed by atoms with E-state index in [-0.39, 0.29) is 16.7 Å². The van der Waals surface area contributed by atoms with Gasteiger partial charge in [0.15, 0.2) is 0 Å². The number of hydrogen-bond acceptors (Lipinski definition) is 6. The first kappa shape index (κ1) is 17.1. The zero-order chi connectivity index (χ0) is 16.8. The van der Waals surface area contributed by atoms with Crippen LogP contribution in [-0.4, -0.2) is 27.9 Å². The van der Waals surface area contributed by atoms with Crippen molar-refractivity contribution >= 4 is 39.7 Å². The van der Waals surface area contributed by atoms with Crippen LogP contribution in [0.1, 0.15) is 11.5 Å². The molecule has 1 aromatic carbocycles. The minimum absolute atomic E-state index is 0.0114. The number of aromatic nitrogens is 2. The second kappa shape index (κ2) is 7.85. The molecule has 0 aliphatic carbocycles. The maximum atomic E-state index is 11.5. The molecule has 118 valence electrons. The van der Waals surface area contributed by atoms with Crippen LogP contribution < -0.4 is 4.74 Å². The zero-order valence-electron chi connectivity index (χ0n) is 11.9. The molecule has 2 aromatic rings. The normalized spacial score (nSPS) is 11.1. The number of hydrogen-bond donors (Lipinski definition) is 1. The number of ether oxygens (including phenoxy) is 1. The van der Waals surface area contributed by atoms with Gasteiger partial charge < -0.3 is 14.3 Å². The molecule has 0 radical (unpaired) electrons. The van der Waals surface area contributed by atoms with E-state index in [1.165, 1.54) is 6.08 Å². The van der Waals surface area contributed by atoms with Crippen LogP contribution in [0, 0.1) is 19.3 Å². The van der Waals surface area contributed by atoms with Gasteiger partial charge >= 0.3 is 5.97 Å². The van der Waals surface area contributed by atoms with E-state index >= 15 is 0 Å². The molecule has 8 heteroatoms. The Morgan fingerprint density at radius 2 is 2.35 bits per heavy atom. The monoisotopic (exact) mass is 394 g/mol. The van der Waals surface area contributed by atoms with Crippen LogP contribution in [-0.2, 0) is 4.79 Å². The first-order valence-electron chi connectivity index (χ1n) is 6.28. The molecule has 1 N–H and O–H groups in total. The van der Waals surface area contributed by atoms with E-state index in [0.717, 1.165) is 16.2 Å². The summed E-state index contributed by atoms with van der Waals surface area (Å²) in [5.41, 5.74) is 0.566. The van der Waals surface area contributed by atoms with Crippen LogP contribution >= 0.6 is 27.7 Å². The predicted molar refractivity (Wildman–Crippen MR) is 89.0 cm³/mol. The summed E-state index contributed by atoms with van der Waals surface area (Å²) >= 11 is 4.20. The summed E-state index contributed by atoms with van der Waals surface area (Å²) in [6.07, 6.45) is 6.65. The molecule has 0 spiro atoms. The quantitative estimate of drug-likeness (QED) is 0.456. The highest BCUT2D eigenvalue weighted by atomic mass is 79.9. The summed E-state index contributed by atoms with van der Waals surface area (Å²) in [6, 6.07) is 5.21. The third kappa shape index (κ3) is 4.87. The summed E-state index contributed by atoms with van der Waals surface area (Å²) < 4.78 is 11.4. The predicted octanol–water partition coefficient (Wildman–Crippen LogP) is 3.37. The molecule has 6 nitrogen and oxygen atoms in total. The van der Waals surface area contributed by atoms with Crippen molar-refractivity contribution in [2.24, 2.45) is 0 Å². The van der Waals surface area contributed by atoms with Gasteiger partial charge in [-0.2, -0.15) is 0 Å². The van der Waals surface area contributed by atoms with Gasteiger partial charge in [0.25, 0.3) is 5.22 Å². The molecular weight excluding hydrogens is 384 g/mol. The number of aryl methyl sites for hydroxylation is 1. The SMILES string of the molecule is C#CCOc1ccc(Br)cc1/C=C(\Sc1nnc(C)o1)C(=O)O. The number of carboxylic acids is 1. The molecule has 0 saturated carbocycles. The van der Waals surface area contributed by atoms with E-state index in [1.807, 2.05) is 0 Å². The molecule has 0 aliphatic rings. The van der Waals surface area contributed by atoms with E-state index in [2.05, 4.69) is 32.0 Å². The van der Waals surface area contributed by atoms with Gasteiger partial charge in [0, 0.05) is 17.0 Å². The molecule has 0 unspecified atom stereocenters. The third-order valence-electron chi connectivity index (χ3n) is 2.48. The minimum Gasteiger partial charge on any atom is -0.480 e. The van der Waals surface area contributed by atoms with E-state index < -0.39 is 5.97 Å². The smallest absolute Gasteiger partial charge is 0.342 e. The van der Waals surface area contributed by atoms with Gasteiger partial charge in [0.1, 0.15) is 17.3 Å². The molecule has 2 rings (SSSR count). The highest BCUT2D eigenvalue weighted by Gasteiger charge is 2.15. The Labute approximate surface area is 145 Å². The number of nitrogens with zero attached hydrogens (tertiary/aromatic N) is 2. The van der Waals surface area contributed by atoms with Gasteiger partial charge in [-0.25, -0.2) is 4.79 Å². The number of aliphatic carboxylic acids is 1. The molecule has 23 heavy (non-hydrogen) atoms. The molecule has 0 saturated heterocycles. The van der Waals surface area contributed by atoms with Gasteiger partial charge in [0.05, 0.1) is 0 Å². The Balaban J connectivity index is 2.36. The standard InChI is InChI=1S/C15H11BrN2O4S/c1-3-6-21-12-5-4-11(16)7-10(12)8-13(14(19)20)23-15-18-17-9(2)22-15/h1,4-5,7-8H,6H2,2H3,(H,19,20)/b13-8-. The Bertz CT molecular complexity index is 795. The number of thioether (sulfide) groups is 1. The van der Waals surface area contributed by atoms with E-state index in [9.17, 15) is 9.90 Å². The number of rotatable bonds is 6. The van der Waals surface area contributed by atoms with Crippen LogP contribution in [0.5, 0.6) is 5.75 Å². The zero-order valence-corrected chi connectivity index (χ0v) is 14.3. The van der Waals surface area contributed by atoms with E-state index in [1.54, 1.807) is 25.1 Å². The van der Waals surface area contributed by atoms with Crippen molar-refractivity contribution < 1.29 is 19.1 Å². The fraction of sp³-hybridized carbons (Fsp3) is 0.133. The fourth-order valence-electron chi connectivity index (χ4n) is 1.57. The second-order valence-corrected chi connectivity index (χ2v) is 6.09. The van der Waals surface area contributed by atoms with E-state index in [0.29, 0.717) is 17.2 Å². The van der Waals surface area contributed by atoms with Gasteiger partial charge in [-0.3, -0.25) is 0 Å². The molecular formula is C15H11BrN2O4S. The van der Waals surface area contributed by atoms with Crippen molar-refractivity contribution in [3.8, 4) is 18.1 Å². The van der Waals surface area contributed by atoms with Gasteiger partial charge in [-0.05, 0) is 36.0 Å². The second-order valence-electron chi connectivity index (χ2n) is 4.18. The van der Waals surface area contributed by atoms with Gasteiger partial charge in [0.2, 0.25) is 5.89 Å². The maximum Gasteiger partial charge on any atom is 0.342 e. The van der Waals surface area contributed by atoms with Gasteiger partial charge in [-0.1, -0.05) is 21.9 Å². The van der Waals surface area contributed by atoms with Crippen molar-refractivity contribution in [3.63, 3.8) is 0 Å². The van der Waals surface area contributed by atoms with Crippen LogP contribution in [0.2, 0.25) is 0 Å². The summed E-state index contributed by atoms with van der Waals surface area (Å²) in [4.78, 5) is 11.5. The maximum absolute atomic E-state index is 11.5. The van der Waals surface area contributed by atoms with Crippen molar-refractivity contribution in [2.45, 2.75) is 12.1 Å². The summed E-state index contributed by atoms with van der Waals surface area (Å²) in [5, 5.41) is 17.0. The topological polar surface area (TPSA) is 85.5 Å². The van der Waals surface area contributed by atoms with Gasteiger partial charge in [-0.15, -0.1) is 16.6 Å². The van der Waals surface area contributed by atoms with Crippen molar-refractivity contribution in [1.29, 1.82) is 0 Å². The fourth-order valence-corrected chi connectivity index (χ4v) is 2.66. The van der Waals surface area contributed by atoms with Crippen molar-refractivity contribution in [3.05, 3.63) is 39.0 Å². The number of terminal acetylenes is 1. The number of benzene rings is 1. The first-order chi connectivity index (χ1) is 11.0. The average molecular weight is 395 g/mol. The van der Waals surface area contributed by atoms with Crippen LogP contribution in [0.25, 0.3) is 6.08 Å². The average Bonchev–Trinajstić information content (AvgIpc) is 2.91. The Morgan fingerprint density at radius 3 is 2.96 bits per heavy atom. The molecule has 0 atom stereocenters. The molecule has 0 fully saturated rings. The number of halogens is 1. The third-order valence-corrected chi connectivity index (χ3v) is 3.83. The largest absolute Gasteiger partial charge is 0.480 e. The summed E-state index contributed by atoms with van der Waals surface area (Å²) in [6.45, 7) is 1.71. The molecule has 0 amide bonds. The van der Waals surface area contributed by atoms with Crippen LogP contribution in [0.3, 0.4) is 0 Å². The summed E-state index contributed by atoms with van der Waals surface area (Å²) in [7, 11) is 0. The Hall–Kier alpha value is -2.24. The van der Waals surface area contributed by atoms with E-state index in [4.69, 9.17) is 15.6 Å². The molecule has 1 aromatic heterocycles. The molecule has 0 bridgehead atoms. The van der Waals surface area contributed by atoms with Crippen molar-refractivity contribution in [2.75, 3.05) is 6.61 Å². The molecule has 1 heterocycles.